The van der Waals surface area contributed by atoms with Crippen LogP contribution in [0.2, 0.25) is 5.15 Å². The Hall–Kier alpha value is -0.320. The van der Waals surface area contributed by atoms with Crippen LogP contribution < -0.4 is 0 Å². The summed E-state index contributed by atoms with van der Waals surface area (Å²) in [4.78, 5) is 2.47. The number of thioether (sulfide) groups is 1. The van der Waals surface area contributed by atoms with Gasteiger partial charge in [-0.05, 0) is 39.8 Å². The molecule has 3 nitrogen and oxygen atoms in total. The quantitative estimate of drug-likeness (QED) is 0.744. The van der Waals surface area contributed by atoms with Gasteiger partial charge in [0.05, 0.1) is 0 Å². The molecule has 1 heterocycles. The molecule has 96 valence electrons. The molecule has 1 rings (SSSR count). The summed E-state index contributed by atoms with van der Waals surface area (Å²) in [6.07, 6.45) is 0. The van der Waals surface area contributed by atoms with Gasteiger partial charge in [-0.25, -0.2) is 0 Å². The van der Waals surface area contributed by atoms with Gasteiger partial charge in [-0.3, -0.25) is 4.90 Å². The number of halogens is 1. The molecule has 0 spiro atoms. The lowest BCUT2D eigenvalue weighted by Crippen LogP contribution is -2.38. The fraction of sp³-hybridized carbons (Fsp3) is 0.667. The first-order valence-corrected chi connectivity index (χ1v) is 7.25. The molecule has 0 saturated heterocycles. The van der Waals surface area contributed by atoms with Crippen LogP contribution in [0.5, 0.6) is 0 Å². The van der Waals surface area contributed by atoms with Crippen LogP contribution in [-0.4, -0.2) is 39.5 Å². The Balaban J connectivity index is 2.38. The van der Waals surface area contributed by atoms with E-state index < -0.39 is 0 Å². The molecule has 0 unspecified atom stereocenters. The average molecular weight is 274 g/mol. The van der Waals surface area contributed by atoms with Crippen LogP contribution in [-0.2, 0) is 0 Å². The third-order valence-corrected chi connectivity index (χ3v) is 3.64. The minimum absolute atomic E-state index is 0.445. The molecule has 5 heteroatoms. The number of hydrogen-bond donors (Lipinski definition) is 0. The second-order valence-electron chi connectivity index (χ2n) is 4.47. The normalized spacial score (nSPS) is 11.8. The Bertz CT molecular complexity index is 319. The van der Waals surface area contributed by atoms with Crippen LogP contribution >= 0.6 is 23.4 Å². The summed E-state index contributed by atoms with van der Waals surface area (Å²) >= 11 is 7.41. The fourth-order valence-corrected chi connectivity index (χ4v) is 2.62. The molecule has 0 aliphatic heterocycles. The standard InChI is InChI=1S/C12H20ClN3S/c1-9(2)16(10(3)4)7-8-17-12-6-5-11(13)14-15-12/h5-6,9-10H,7-8H2,1-4H3. The van der Waals surface area contributed by atoms with Crippen LogP contribution in [0.4, 0.5) is 0 Å². The highest BCUT2D eigenvalue weighted by Gasteiger charge is 2.12. The molecule has 0 fully saturated rings. The summed E-state index contributed by atoms with van der Waals surface area (Å²) in [7, 11) is 0. The zero-order valence-corrected chi connectivity index (χ0v) is 12.4. The molecule has 0 bridgehead atoms. The van der Waals surface area contributed by atoms with E-state index in [-0.39, 0.29) is 0 Å². The smallest absolute Gasteiger partial charge is 0.151 e. The van der Waals surface area contributed by atoms with Gasteiger partial charge < -0.3 is 0 Å². The molecule has 0 amide bonds. The van der Waals surface area contributed by atoms with Gasteiger partial charge in [0.2, 0.25) is 0 Å². The van der Waals surface area contributed by atoms with E-state index in [9.17, 15) is 0 Å². The van der Waals surface area contributed by atoms with Gasteiger partial charge in [-0.2, -0.15) is 0 Å². The third kappa shape index (κ3) is 5.23. The van der Waals surface area contributed by atoms with Crippen LogP contribution in [0, 0.1) is 0 Å². The minimum atomic E-state index is 0.445. The van der Waals surface area contributed by atoms with Gasteiger partial charge in [0.25, 0.3) is 0 Å². The van der Waals surface area contributed by atoms with Crippen molar-refractivity contribution in [2.45, 2.75) is 44.8 Å². The van der Waals surface area contributed by atoms with E-state index >= 15 is 0 Å². The van der Waals surface area contributed by atoms with Gasteiger partial charge >= 0.3 is 0 Å². The van der Waals surface area contributed by atoms with Crippen molar-refractivity contribution in [2.24, 2.45) is 0 Å². The summed E-state index contributed by atoms with van der Waals surface area (Å²) in [6.45, 7) is 9.98. The molecule has 1 aromatic rings. The highest BCUT2D eigenvalue weighted by atomic mass is 35.5. The van der Waals surface area contributed by atoms with Gasteiger partial charge in [-0.1, -0.05) is 11.6 Å². The molecular weight excluding hydrogens is 254 g/mol. The lowest BCUT2D eigenvalue weighted by atomic mass is 10.2. The largest absolute Gasteiger partial charge is 0.298 e. The van der Waals surface area contributed by atoms with Crippen LogP contribution in [0.25, 0.3) is 0 Å². The molecule has 0 aliphatic carbocycles. The monoisotopic (exact) mass is 273 g/mol. The van der Waals surface area contributed by atoms with Crippen molar-refractivity contribution in [3.8, 4) is 0 Å². The molecule has 0 saturated carbocycles. The maximum Gasteiger partial charge on any atom is 0.151 e. The van der Waals surface area contributed by atoms with Crippen molar-refractivity contribution in [1.82, 2.24) is 15.1 Å². The summed E-state index contributed by atoms with van der Waals surface area (Å²) in [5.41, 5.74) is 0. The van der Waals surface area contributed by atoms with Gasteiger partial charge in [0.15, 0.2) is 5.15 Å². The number of rotatable bonds is 6. The van der Waals surface area contributed by atoms with E-state index in [2.05, 4.69) is 42.8 Å². The van der Waals surface area contributed by atoms with Crippen molar-refractivity contribution in [1.29, 1.82) is 0 Å². The number of hydrogen-bond acceptors (Lipinski definition) is 4. The van der Waals surface area contributed by atoms with Gasteiger partial charge in [0, 0.05) is 24.4 Å². The molecule has 0 atom stereocenters. The Kier molecular flexibility index (Phi) is 6.23. The predicted octanol–water partition coefficient (Wildman–Crippen LogP) is 3.34. The van der Waals surface area contributed by atoms with E-state index in [1.165, 1.54) is 0 Å². The number of aromatic nitrogens is 2. The molecule has 0 aliphatic rings. The number of nitrogens with zero attached hydrogens (tertiary/aromatic N) is 3. The van der Waals surface area contributed by atoms with Crippen LogP contribution in [0.3, 0.4) is 0 Å². The predicted molar refractivity (Wildman–Crippen MR) is 74.7 cm³/mol. The fourth-order valence-electron chi connectivity index (χ4n) is 1.75. The maximum absolute atomic E-state index is 5.69. The van der Waals surface area contributed by atoms with Crippen molar-refractivity contribution in [3.05, 3.63) is 17.3 Å². The Morgan fingerprint density at radius 1 is 1.18 bits per heavy atom. The highest BCUT2D eigenvalue weighted by Crippen LogP contribution is 2.16. The first-order valence-electron chi connectivity index (χ1n) is 5.88. The molecule has 0 radical (unpaired) electrons. The average Bonchev–Trinajstić information content (AvgIpc) is 2.25. The van der Waals surface area contributed by atoms with Gasteiger partial charge in [0.1, 0.15) is 5.03 Å². The Labute approximate surface area is 113 Å². The summed E-state index contributed by atoms with van der Waals surface area (Å²) in [5.74, 6) is 1.02. The van der Waals surface area contributed by atoms with E-state index in [1.807, 2.05) is 6.07 Å². The summed E-state index contributed by atoms with van der Waals surface area (Å²) in [6, 6.07) is 4.84. The van der Waals surface area contributed by atoms with Crippen molar-refractivity contribution < 1.29 is 0 Å². The van der Waals surface area contributed by atoms with E-state index in [0.717, 1.165) is 17.3 Å². The van der Waals surface area contributed by atoms with E-state index in [1.54, 1.807) is 17.8 Å². The molecule has 0 aromatic carbocycles. The molecule has 0 N–H and O–H groups in total. The molecular formula is C12H20ClN3S. The lowest BCUT2D eigenvalue weighted by molar-refractivity contribution is 0.187. The third-order valence-electron chi connectivity index (χ3n) is 2.53. The summed E-state index contributed by atoms with van der Waals surface area (Å²) in [5, 5.41) is 9.23. The SMILES string of the molecule is CC(C)N(CCSc1ccc(Cl)nn1)C(C)C. The van der Waals surface area contributed by atoms with Gasteiger partial charge in [-0.15, -0.1) is 22.0 Å². The van der Waals surface area contributed by atoms with Crippen molar-refractivity contribution in [3.63, 3.8) is 0 Å². The molecule has 17 heavy (non-hydrogen) atoms. The van der Waals surface area contributed by atoms with Crippen LogP contribution in [0.1, 0.15) is 27.7 Å². The second-order valence-corrected chi connectivity index (χ2v) is 5.97. The maximum atomic E-state index is 5.69. The summed E-state index contributed by atoms with van der Waals surface area (Å²) < 4.78 is 0. The first kappa shape index (κ1) is 14.7. The van der Waals surface area contributed by atoms with E-state index in [0.29, 0.717) is 17.2 Å². The highest BCUT2D eigenvalue weighted by molar-refractivity contribution is 7.99. The first-order chi connectivity index (χ1) is 8.00. The zero-order chi connectivity index (χ0) is 12.8. The molecule has 1 aromatic heterocycles. The minimum Gasteiger partial charge on any atom is -0.298 e. The second kappa shape index (κ2) is 7.19. The van der Waals surface area contributed by atoms with Crippen LogP contribution in [0.15, 0.2) is 17.2 Å². The lowest BCUT2D eigenvalue weighted by Gasteiger charge is -2.30. The van der Waals surface area contributed by atoms with Crippen molar-refractivity contribution in [2.75, 3.05) is 12.3 Å². The van der Waals surface area contributed by atoms with Crippen molar-refractivity contribution >= 4 is 23.4 Å². The Morgan fingerprint density at radius 2 is 1.82 bits per heavy atom. The zero-order valence-electron chi connectivity index (χ0n) is 10.9. The Morgan fingerprint density at radius 3 is 2.29 bits per heavy atom. The van der Waals surface area contributed by atoms with E-state index in [4.69, 9.17) is 11.6 Å². The topological polar surface area (TPSA) is 29.0 Å².